The van der Waals surface area contributed by atoms with E-state index in [4.69, 9.17) is 0 Å². The van der Waals surface area contributed by atoms with E-state index in [1.807, 2.05) is 11.5 Å². The van der Waals surface area contributed by atoms with Crippen LogP contribution in [0.25, 0.3) is 0 Å². The Morgan fingerprint density at radius 3 is 2.58 bits per heavy atom. The fraction of sp³-hybridized carbons (Fsp3) is 0.550. The van der Waals surface area contributed by atoms with Crippen LogP contribution in [0.3, 0.4) is 0 Å². The Bertz CT molecular complexity index is 765. The fourth-order valence-electron chi connectivity index (χ4n) is 4.52. The lowest BCUT2D eigenvalue weighted by molar-refractivity contribution is -0.145. The number of hydrogen-bond acceptors (Lipinski definition) is 4. The summed E-state index contributed by atoms with van der Waals surface area (Å²) in [7, 11) is 0. The molecule has 1 aromatic heterocycles. The van der Waals surface area contributed by atoms with Crippen molar-refractivity contribution in [2.45, 2.75) is 57.7 Å². The summed E-state index contributed by atoms with van der Waals surface area (Å²) in [6.07, 6.45) is 4.70. The number of hydrogen-bond donors (Lipinski definition) is 1. The second kappa shape index (κ2) is 7.19. The van der Waals surface area contributed by atoms with Gasteiger partial charge in [-0.1, -0.05) is 30.3 Å². The minimum Gasteiger partial charge on any atom is -0.480 e. The predicted octanol–water partition coefficient (Wildman–Crippen LogP) is 2.83. The molecule has 2 aromatic rings. The van der Waals surface area contributed by atoms with Gasteiger partial charge in [0.05, 0.1) is 13.1 Å². The Hall–Kier alpha value is -2.21. The van der Waals surface area contributed by atoms with Gasteiger partial charge in [0.1, 0.15) is 17.7 Å². The Balaban J connectivity index is 1.40. The van der Waals surface area contributed by atoms with E-state index in [2.05, 4.69) is 45.4 Å². The highest BCUT2D eigenvalue weighted by Crippen LogP contribution is 2.36. The zero-order valence-electron chi connectivity index (χ0n) is 15.2. The quantitative estimate of drug-likeness (QED) is 0.914. The second-order valence-electron chi connectivity index (χ2n) is 7.69. The topological polar surface area (TPSA) is 71.2 Å². The summed E-state index contributed by atoms with van der Waals surface area (Å²) in [6, 6.07) is 10.3. The van der Waals surface area contributed by atoms with Gasteiger partial charge in [0.2, 0.25) is 0 Å². The van der Waals surface area contributed by atoms with Crippen LogP contribution in [0.4, 0.5) is 0 Å². The molecule has 26 heavy (non-hydrogen) atoms. The summed E-state index contributed by atoms with van der Waals surface area (Å²) in [5.41, 5.74) is 1.44. The molecule has 1 unspecified atom stereocenters. The van der Waals surface area contributed by atoms with Gasteiger partial charge in [0, 0.05) is 6.54 Å². The molecule has 2 aliphatic rings. The Kier molecular flexibility index (Phi) is 4.76. The maximum absolute atomic E-state index is 11.8. The van der Waals surface area contributed by atoms with Crippen molar-refractivity contribution >= 4 is 5.97 Å². The zero-order valence-corrected chi connectivity index (χ0v) is 15.2. The molecule has 1 fully saturated rings. The average molecular weight is 354 g/mol. The number of aromatic nitrogens is 3. The molecule has 1 aliphatic carbocycles. The standard InChI is InChI=1S/C20H26N4O2/c1-14-21-22-19-13-23(18(20(25)26)12-24(14)19)11-15-7-9-17(10-8-15)16-5-3-2-4-6-16/h2-6,15,17-18H,7-13H2,1H3,(H,25,26). The highest BCUT2D eigenvalue weighted by Gasteiger charge is 2.35. The summed E-state index contributed by atoms with van der Waals surface area (Å²) >= 11 is 0. The first kappa shape index (κ1) is 17.2. The summed E-state index contributed by atoms with van der Waals surface area (Å²) in [5, 5.41) is 18.0. The average Bonchev–Trinajstić information content (AvgIpc) is 3.02. The molecule has 1 saturated carbocycles. The van der Waals surface area contributed by atoms with Gasteiger partial charge in [-0.15, -0.1) is 10.2 Å². The van der Waals surface area contributed by atoms with Gasteiger partial charge < -0.3 is 9.67 Å². The lowest BCUT2D eigenvalue weighted by Gasteiger charge is -2.37. The number of nitrogens with zero attached hydrogens (tertiary/aromatic N) is 4. The minimum absolute atomic E-state index is 0.447. The molecule has 1 N–H and O–H groups in total. The maximum atomic E-state index is 11.8. The van der Waals surface area contributed by atoms with Crippen molar-refractivity contribution in [1.82, 2.24) is 19.7 Å². The van der Waals surface area contributed by atoms with E-state index < -0.39 is 12.0 Å². The number of rotatable bonds is 4. The van der Waals surface area contributed by atoms with E-state index in [1.165, 1.54) is 18.4 Å². The fourth-order valence-corrected chi connectivity index (χ4v) is 4.52. The molecule has 1 aliphatic heterocycles. The normalized spacial score (nSPS) is 26.4. The number of fused-ring (bicyclic) bond motifs is 1. The number of aliphatic carboxylic acids is 1. The molecule has 4 rings (SSSR count). The smallest absolute Gasteiger partial charge is 0.322 e. The van der Waals surface area contributed by atoms with Crippen molar-refractivity contribution in [2.75, 3.05) is 6.54 Å². The van der Waals surface area contributed by atoms with Crippen molar-refractivity contribution in [3.8, 4) is 0 Å². The van der Waals surface area contributed by atoms with Crippen LogP contribution >= 0.6 is 0 Å². The Morgan fingerprint density at radius 1 is 1.15 bits per heavy atom. The third-order valence-electron chi connectivity index (χ3n) is 6.05. The molecule has 138 valence electrons. The molecule has 0 radical (unpaired) electrons. The first-order valence-corrected chi connectivity index (χ1v) is 9.52. The largest absolute Gasteiger partial charge is 0.480 e. The van der Waals surface area contributed by atoms with Crippen LogP contribution in [0.1, 0.15) is 48.8 Å². The number of carboxylic acid groups (broad SMARTS) is 1. The van der Waals surface area contributed by atoms with Crippen LogP contribution in [-0.4, -0.2) is 43.3 Å². The number of benzene rings is 1. The summed E-state index contributed by atoms with van der Waals surface area (Å²) < 4.78 is 1.95. The van der Waals surface area contributed by atoms with Crippen LogP contribution in [0, 0.1) is 12.8 Å². The summed E-state index contributed by atoms with van der Waals surface area (Å²) in [4.78, 5) is 13.9. The molecule has 1 atom stereocenters. The molecule has 6 heteroatoms. The lowest BCUT2D eigenvalue weighted by atomic mass is 9.78. The minimum atomic E-state index is -0.748. The Labute approximate surface area is 153 Å². The van der Waals surface area contributed by atoms with Gasteiger partial charge in [-0.25, -0.2) is 0 Å². The molecule has 6 nitrogen and oxygen atoms in total. The molecular weight excluding hydrogens is 328 g/mol. The van der Waals surface area contributed by atoms with Crippen molar-refractivity contribution in [1.29, 1.82) is 0 Å². The molecule has 0 amide bonds. The van der Waals surface area contributed by atoms with Crippen LogP contribution in [-0.2, 0) is 17.9 Å². The first-order chi connectivity index (χ1) is 12.6. The van der Waals surface area contributed by atoms with Gasteiger partial charge in [-0.3, -0.25) is 9.69 Å². The van der Waals surface area contributed by atoms with E-state index in [9.17, 15) is 9.90 Å². The van der Waals surface area contributed by atoms with Gasteiger partial charge >= 0.3 is 5.97 Å². The van der Waals surface area contributed by atoms with Crippen molar-refractivity contribution in [3.63, 3.8) is 0 Å². The molecule has 0 spiro atoms. The van der Waals surface area contributed by atoms with E-state index in [1.54, 1.807) is 0 Å². The van der Waals surface area contributed by atoms with Gasteiger partial charge in [-0.05, 0) is 50.0 Å². The summed E-state index contributed by atoms with van der Waals surface area (Å²) in [6.45, 7) is 3.75. The molecule has 0 bridgehead atoms. The highest BCUT2D eigenvalue weighted by atomic mass is 16.4. The molecule has 1 aromatic carbocycles. The number of carbonyl (C=O) groups is 1. The van der Waals surface area contributed by atoms with E-state index in [-0.39, 0.29) is 0 Å². The van der Waals surface area contributed by atoms with Crippen LogP contribution in [0.2, 0.25) is 0 Å². The van der Waals surface area contributed by atoms with Crippen molar-refractivity contribution in [3.05, 3.63) is 47.5 Å². The van der Waals surface area contributed by atoms with Gasteiger partial charge in [0.25, 0.3) is 0 Å². The predicted molar refractivity (Wildman–Crippen MR) is 97.7 cm³/mol. The number of carboxylic acids is 1. The van der Waals surface area contributed by atoms with Crippen LogP contribution in [0.15, 0.2) is 30.3 Å². The van der Waals surface area contributed by atoms with Crippen LogP contribution in [0.5, 0.6) is 0 Å². The Morgan fingerprint density at radius 2 is 1.88 bits per heavy atom. The second-order valence-corrected chi connectivity index (χ2v) is 7.69. The van der Waals surface area contributed by atoms with E-state index in [0.717, 1.165) is 31.0 Å². The van der Waals surface area contributed by atoms with E-state index >= 15 is 0 Å². The van der Waals surface area contributed by atoms with Crippen LogP contribution < -0.4 is 0 Å². The van der Waals surface area contributed by atoms with Crippen molar-refractivity contribution in [2.24, 2.45) is 5.92 Å². The number of aryl methyl sites for hydroxylation is 1. The molecular formula is C20H26N4O2. The lowest BCUT2D eigenvalue weighted by Crippen LogP contribution is -2.49. The molecule has 0 saturated heterocycles. The first-order valence-electron chi connectivity index (χ1n) is 9.52. The monoisotopic (exact) mass is 354 g/mol. The SMILES string of the molecule is Cc1nnc2n1CC(C(=O)O)N(CC1CCC(c3ccccc3)CC1)C2. The highest BCUT2D eigenvalue weighted by molar-refractivity contribution is 5.73. The molecule has 2 heterocycles. The van der Waals surface area contributed by atoms with Gasteiger partial charge in [0.15, 0.2) is 0 Å². The van der Waals surface area contributed by atoms with Crippen molar-refractivity contribution < 1.29 is 9.90 Å². The van der Waals surface area contributed by atoms with Gasteiger partial charge in [-0.2, -0.15) is 0 Å². The summed E-state index contributed by atoms with van der Waals surface area (Å²) in [5.74, 6) is 2.15. The zero-order chi connectivity index (χ0) is 18.1. The third kappa shape index (κ3) is 3.38. The maximum Gasteiger partial charge on any atom is 0.322 e. The third-order valence-corrected chi connectivity index (χ3v) is 6.05. The van der Waals surface area contributed by atoms with E-state index in [0.29, 0.717) is 24.9 Å².